The smallest absolute Gasteiger partial charge is 0.311 e. The average molecular weight is 421 g/mol. The predicted octanol–water partition coefficient (Wildman–Crippen LogP) is 2.65. The lowest BCUT2D eigenvalue weighted by atomic mass is 9.89. The summed E-state index contributed by atoms with van der Waals surface area (Å²) in [5.41, 5.74) is 0.465. The Morgan fingerprint density at radius 1 is 0.900 bits per heavy atom. The highest BCUT2D eigenvalue weighted by Crippen LogP contribution is 2.21. The minimum Gasteiger partial charge on any atom is -0.469 e. The van der Waals surface area contributed by atoms with Gasteiger partial charge in [-0.15, -0.1) is 0 Å². The summed E-state index contributed by atoms with van der Waals surface area (Å²) in [6.45, 7) is 1.91. The summed E-state index contributed by atoms with van der Waals surface area (Å²) in [5.74, 6) is -2.14. The van der Waals surface area contributed by atoms with E-state index in [1.54, 1.807) is 37.3 Å². The second-order valence-electron chi connectivity index (χ2n) is 6.74. The molecule has 0 aliphatic carbocycles. The largest absolute Gasteiger partial charge is 0.469 e. The molecule has 0 bridgehead atoms. The quantitative estimate of drug-likeness (QED) is 0.385. The minimum atomic E-state index is -0.653. The van der Waals surface area contributed by atoms with Gasteiger partial charge in [0.1, 0.15) is 0 Å². The minimum absolute atomic E-state index is 0.161. The Bertz CT molecular complexity index is 690. The molecule has 0 heterocycles. The Morgan fingerprint density at radius 2 is 1.47 bits per heavy atom. The van der Waals surface area contributed by atoms with Gasteiger partial charge < -0.3 is 19.5 Å². The zero-order valence-electron chi connectivity index (χ0n) is 17.8. The predicted molar refractivity (Wildman–Crippen MR) is 110 cm³/mol. The maximum Gasteiger partial charge on any atom is 0.311 e. The van der Waals surface area contributed by atoms with Gasteiger partial charge in [0.2, 0.25) is 0 Å². The van der Waals surface area contributed by atoms with E-state index >= 15 is 0 Å². The van der Waals surface area contributed by atoms with Gasteiger partial charge in [-0.2, -0.15) is 0 Å². The molecule has 8 heteroatoms. The maximum atomic E-state index is 12.7. The molecule has 0 aromatic heterocycles. The molecule has 30 heavy (non-hydrogen) atoms. The number of benzene rings is 1. The van der Waals surface area contributed by atoms with Gasteiger partial charge in [-0.1, -0.05) is 18.2 Å². The van der Waals surface area contributed by atoms with E-state index in [0.717, 1.165) is 0 Å². The highest BCUT2D eigenvalue weighted by molar-refractivity contribution is 5.94. The fourth-order valence-electron chi connectivity index (χ4n) is 3.08. The fourth-order valence-corrected chi connectivity index (χ4v) is 3.08. The zero-order chi connectivity index (χ0) is 22.4. The number of rotatable bonds is 13. The number of carbonyl (C=O) groups excluding carboxylic acids is 4. The molecule has 0 unspecified atom stereocenters. The van der Waals surface area contributed by atoms with Crippen LogP contribution in [-0.2, 0) is 28.6 Å². The van der Waals surface area contributed by atoms with Crippen molar-refractivity contribution in [2.45, 2.75) is 51.5 Å². The first-order valence-corrected chi connectivity index (χ1v) is 10.1. The monoisotopic (exact) mass is 421 g/mol. The molecule has 1 aromatic rings. The number of amides is 1. The summed E-state index contributed by atoms with van der Waals surface area (Å²) >= 11 is 0. The topological polar surface area (TPSA) is 108 Å². The van der Waals surface area contributed by atoms with E-state index in [9.17, 15) is 19.2 Å². The third-order valence-corrected chi connectivity index (χ3v) is 4.67. The average Bonchev–Trinajstić information content (AvgIpc) is 2.76. The lowest BCUT2D eigenvalue weighted by molar-refractivity contribution is -0.150. The third-order valence-electron chi connectivity index (χ3n) is 4.67. The first-order valence-electron chi connectivity index (χ1n) is 10.1. The number of esters is 3. The van der Waals surface area contributed by atoms with Gasteiger partial charge >= 0.3 is 17.9 Å². The third kappa shape index (κ3) is 9.07. The molecule has 0 aliphatic heterocycles. The van der Waals surface area contributed by atoms with Crippen LogP contribution in [0.3, 0.4) is 0 Å². The van der Waals surface area contributed by atoms with Crippen LogP contribution >= 0.6 is 0 Å². The molecular formula is C22H31NO7. The summed E-state index contributed by atoms with van der Waals surface area (Å²) in [5, 5.41) is 2.91. The second-order valence-corrected chi connectivity index (χ2v) is 6.74. The van der Waals surface area contributed by atoms with E-state index in [-0.39, 0.29) is 37.3 Å². The van der Waals surface area contributed by atoms with Gasteiger partial charge in [0.05, 0.1) is 26.7 Å². The van der Waals surface area contributed by atoms with Crippen LogP contribution in [0.4, 0.5) is 0 Å². The Kier molecular flexibility index (Phi) is 11.8. The van der Waals surface area contributed by atoms with Gasteiger partial charge in [-0.25, -0.2) is 0 Å². The van der Waals surface area contributed by atoms with Crippen LogP contribution < -0.4 is 5.32 Å². The molecule has 166 valence electrons. The van der Waals surface area contributed by atoms with E-state index in [1.165, 1.54) is 14.2 Å². The van der Waals surface area contributed by atoms with E-state index in [1.807, 2.05) is 0 Å². The van der Waals surface area contributed by atoms with E-state index in [2.05, 4.69) is 14.8 Å². The number of methoxy groups -OCH3 is 2. The molecule has 1 rings (SSSR count). The van der Waals surface area contributed by atoms with Crippen LogP contribution in [0, 0.1) is 5.92 Å². The highest BCUT2D eigenvalue weighted by atomic mass is 16.5. The van der Waals surface area contributed by atoms with Crippen molar-refractivity contribution in [2.75, 3.05) is 20.8 Å². The Hall–Kier alpha value is -2.90. The van der Waals surface area contributed by atoms with Crippen molar-refractivity contribution in [2.24, 2.45) is 5.92 Å². The second kappa shape index (κ2) is 14.1. The zero-order valence-corrected chi connectivity index (χ0v) is 17.8. The Morgan fingerprint density at radius 3 is 2.00 bits per heavy atom. The lowest BCUT2D eigenvalue weighted by Crippen LogP contribution is -2.44. The number of carbonyl (C=O) groups is 4. The van der Waals surface area contributed by atoms with Crippen LogP contribution in [0.2, 0.25) is 0 Å². The first kappa shape index (κ1) is 25.1. The number of hydrogen-bond donors (Lipinski definition) is 1. The van der Waals surface area contributed by atoms with Gasteiger partial charge in [0.15, 0.2) is 0 Å². The summed E-state index contributed by atoms with van der Waals surface area (Å²) in [4.78, 5) is 48.2. The SMILES string of the molecule is CCOC(=O)[C@@H](CCCC(=O)OC)[C@@H](CCCC(=O)OC)NC(=O)c1ccccc1. The highest BCUT2D eigenvalue weighted by Gasteiger charge is 2.31. The summed E-state index contributed by atoms with van der Waals surface area (Å²) < 4.78 is 14.5. The molecular weight excluding hydrogens is 390 g/mol. The molecule has 0 spiro atoms. The van der Waals surface area contributed by atoms with Crippen LogP contribution in [0.25, 0.3) is 0 Å². The Balaban J connectivity index is 2.96. The molecule has 2 atom stereocenters. The van der Waals surface area contributed by atoms with Crippen LogP contribution in [0.5, 0.6) is 0 Å². The van der Waals surface area contributed by atoms with Crippen molar-refractivity contribution in [3.63, 3.8) is 0 Å². The van der Waals surface area contributed by atoms with Crippen LogP contribution in [0.15, 0.2) is 30.3 Å². The fraction of sp³-hybridized carbons (Fsp3) is 0.545. The van der Waals surface area contributed by atoms with Gasteiger partial charge in [-0.3, -0.25) is 19.2 Å². The van der Waals surface area contributed by atoms with Gasteiger partial charge in [0.25, 0.3) is 5.91 Å². The maximum absolute atomic E-state index is 12.7. The normalized spacial score (nSPS) is 12.4. The molecule has 1 amide bonds. The molecule has 0 aliphatic rings. The van der Waals surface area contributed by atoms with Crippen LogP contribution in [-0.4, -0.2) is 50.7 Å². The van der Waals surface area contributed by atoms with E-state index in [4.69, 9.17) is 4.74 Å². The molecule has 0 saturated carbocycles. The summed E-state index contributed by atoms with van der Waals surface area (Å²) in [7, 11) is 2.62. The summed E-state index contributed by atoms with van der Waals surface area (Å²) in [6, 6.07) is 8.10. The summed E-state index contributed by atoms with van der Waals surface area (Å²) in [6.07, 6.45) is 1.89. The van der Waals surface area contributed by atoms with Crippen molar-refractivity contribution in [3.8, 4) is 0 Å². The van der Waals surface area contributed by atoms with Crippen molar-refractivity contribution in [3.05, 3.63) is 35.9 Å². The number of ether oxygens (including phenoxy) is 3. The molecule has 0 radical (unpaired) electrons. The standard InChI is InChI=1S/C22H31NO7/c1-4-30-22(27)17(12-8-14-19(24)28-2)18(13-9-15-20(25)29-3)23-21(26)16-10-6-5-7-11-16/h5-7,10-11,17-18H,4,8-9,12-15H2,1-3H3,(H,23,26)/t17-,18+/m0/s1. The molecule has 8 nitrogen and oxygen atoms in total. The van der Waals surface area contributed by atoms with E-state index < -0.39 is 17.9 Å². The van der Waals surface area contributed by atoms with E-state index in [0.29, 0.717) is 31.2 Å². The molecule has 0 saturated heterocycles. The Labute approximate surface area is 177 Å². The van der Waals surface area contributed by atoms with Crippen molar-refractivity contribution in [1.29, 1.82) is 0 Å². The van der Waals surface area contributed by atoms with Crippen molar-refractivity contribution in [1.82, 2.24) is 5.32 Å². The lowest BCUT2D eigenvalue weighted by Gasteiger charge is -2.27. The van der Waals surface area contributed by atoms with Crippen LogP contribution in [0.1, 0.15) is 55.8 Å². The first-order chi connectivity index (χ1) is 14.4. The van der Waals surface area contributed by atoms with Crippen molar-refractivity contribution >= 4 is 23.8 Å². The molecule has 1 N–H and O–H groups in total. The molecule has 0 fully saturated rings. The number of nitrogens with one attached hydrogen (secondary N) is 1. The van der Waals surface area contributed by atoms with Gasteiger partial charge in [0, 0.05) is 24.4 Å². The number of hydrogen-bond acceptors (Lipinski definition) is 7. The molecule has 1 aromatic carbocycles. The van der Waals surface area contributed by atoms with Gasteiger partial charge in [-0.05, 0) is 44.7 Å². The van der Waals surface area contributed by atoms with Crippen molar-refractivity contribution < 1.29 is 33.4 Å².